The van der Waals surface area contributed by atoms with Crippen LogP contribution < -0.4 is 27.0 Å². The van der Waals surface area contributed by atoms with E-state index in [0.29, 0.717) is 38.3 Å². The minimum Gasteiger partial charge on any atom is -0.481 e. The van der Waals surface area contributed by atoms with Crippen molar-refractivity contribution in [1.29, 1.82) is 0 Å². The summed E-state index contributed by atoms with van der Waals surface area (Å²) in [5.41, 5.74) is 14.8. The minimum absolute atomic E-state index is 0.0536. The first kappa shape index (κ1) is 32.8. The fourth-order valence-electron chi connectivity index (χ4n) is 4.16. The lowest BCUT2D eigenvalue weighted by molar-refractivity contribution is -0.136. The Morgan fingerprint density at radius 2 is 1.88 bits per heavy atom. The molecule has 10 heteroatoms. The maximum Gasteiger partial charge on any atom is 0.321 e. The summed E-state index contributed by atoms with van der Waals surface area (Å²) < 4.78 is 1.95. The quantitative estimate of drug-likeness (QED) is 0.157. The molecule has 0 fully saturated rings. The number of carbonyl (C=O) groups excluding carboxylic acids is 2. The summed E-state index contributed by atoms with van der Waals surface area (Å²) in [6.07, 6.45) is 7.90. The van der Waals surface area contributed by atoms with Crippen molar-refractivity contribution in [3.05, 3.63) is 84.2 Å². The number of carbonyl (C=O) groups is 3. The van der Waals surface area contributed by atoms with Gasteiger partial charge in [-0.25, -0.2) is 4.79 Å². The third-order valence-electron chi connectivity index (χ3n) is 6.31. The van der Waals surface area contributed by atoms with E-state index in [2.05, 4.69) is 17.2 Å². The van der Waals surface area contributed by atoms with Gasteiger partial charge in [0, 0.05) is 50.5 Å². The topological polar surface area (TPSA) is 156 Å². The molecule has 0 aliphatic heterocycles. The highest BCUT2D eigenvalue weighted by molar-refractivity contribution is 6.01. The number of nitrogens with two attached hydrogens (primary N) is 2. The van der Waals surface area contributed by atoms with Crippen LogP contribution >= 0.6 is 0 Å². The molecule has 0 saturated heterocycles. The molecule has 220 valence electrons. The van der Waals surface area contributed by atoms with Gasteiger partial charge in [0.15, 0.2) is 0 Å². The number of rotatable bonds is 13. The Balaban J connectivity index is 0.000000642. The smallest absolute Gasteiger partial charge is 0.321 e. The van der Waals surface area contributed by atoms with Crippen LogP contribution in [0.2, 0.25) is 0 Å². The zero-order chi connectivity index (χ0) is 30.4. The molecule has 0 aliphatic rings. The van der Waals surface area contributed by atoms with Crippen molar-refractivity contribution in [2.45, 2.75) is 33.7 Å². The van der Waals surface area contributed by atoms with Crippen LogP contribution in [0.4, 0.5) is 10.5 Å². The van der Waals surface area contributed by atoms with Gasteiger partial charge in [0.2, 0.25) is 6.41 Å². The Labute approximate surface area is 241 Å². The van der Waals surface area contributed by atoms with Crippen LogP contribution in [0.1, 0.15) is 31.4 Å². The van der Waals surface area contributed by atoms with Crippen molar-refractivity contribution < 1.29 is 19.5 Å². The number of carboxylic acids is 1. The Morgan fingerprint density at radius 1 is 1.17 bits per heavy atom. The first-order valence-electron chi connectivity index (χ1n) is 13.5. The molecule has 0 spiro atoms. The molecule has 3 amide bonds. The van der Waals surface area contributed by atoms with Gasteiger partial charge in [0.25, 0.3) is 0 Å². The highest BCUT2D eigenvalue weighted by Crippen LogP contribution is 2.34. The fourth-order valence-corrected chi connectivity index (χ4v) is 4.16. The van der Waals surface area contributed by atoms with E-state index in [9.17, 15) is 19.5 Å². The second kappa shape index (κ2) is 16.6. The van der Waals surface area contributed by atoms with Gasteiger partial charge in [-0.1, -0.05) is 56.8 Å². The molecule has 0 aliphatic carbocycles. The normalized spacial score (nSPS) is 11.0. The summed E-state index contributed by atoms with van der Waals surface area (Å²) in [4.78, 5) is 36.6. The van der Waals surface area contributed by atoms with Gasteiger partial charge in [-0.3, -0.25) is 14.5 Å². The minimum atomic E-state index is -0.965. The second-order valence-corrected chi connectivity index (χ2v) is 9.81. The Morgan fingerprint density at radius 3 is 2.44 bits per heavy atom. The van der Waals surface area contributed by atoms with E-state index in [1.54, 1.807) is 6.08 Å². The lowest BCUT2D eigenvalue weighted by atomic mass is 10.0. The van der Waals surface area contributed by atoms with Crippen molar-refractivity contribution in [1.82, 2.24) is 15.2 Å². The molecule has 3 rings (SSSR count). The molecule has 1 aromatic heterocycles. The number of nitrogens with one attached hydrogen (secondary N) is 2. The number of anilines is 1. The highest BCUT2D eigenvalue weighted by atomic mass is 16.4. The molecule has 0 unspecified atom stereocenters. The number of aryl methyl sites for hydroxylation is 1. The molecular weight excluding hydrogens is 520 g/mol. The molecule has 3 aromatic rings. The zero-order valence-corrected chi connectivity index (χ0v) is 24.1. The number of aromatic nitrogens is 1. The molecule has 7 N–H and O–H groups in total. The van der Waals surface area contributed by atoms with Gasteiger partial charge in [-0.2, -0.15) is 0 Å². The van der Waals surface area contributed by atoms with Gasteiger partial charge in [-0.15, -0.1) is 0 Å². The number of nitrogens with zero attached hydrogens (tertiary/aromatic N) is 2. The van der Waals surface area contributed by atoms with Gasteiger partial charge < -0.3 is 31.8 Å². The van der Waals surface area contributed by atoms with Crippen LogP contribution in [0.5, 0.6) is 0 Å². The summed E-state index contributed by atoms with van der Waals surface area (Å²) in [6.45, 7) is 11.5. The summed E-state index contributed by atoms with van der Waals surface area (Å²) in [5, 5.41) is 16.8. The van der Waals surface area contributed by atoms with E-state index in [1.807, 2.05) is 80.2 Å². The summed E-state index contributed by atoms with van der Waals surface area (Å²) in [6, 6.07) is 11.4. The van der Waals surface area contributed by atoms with E-state index < -0.39 is 5.97 Å². The van der Waals surface area contributed by atoms with Crippen molar-refractivity contribution in [2.24, 2.45) is 17.4 Å². The zero-order valence-electron chi connectivity index (χ0n) is 24.1. The molecule has 10 nitrogen and oxygen atoms in total. The molecule has 1 heterocycles. The lowest BCUT2D eigenvalue weighted by Crippen LogP contribution is -2.43. The van der Waals surface area contributed by atoms with Crippen LogP contribution in [0, 0.1) is 12.8 Å². The summed E-state index contributed by atoms with van der Waals surface area (Å²) >= 11 is 0. The number of hydrogen-bond acceptors (Lipinski definition) is 5. The molecule has 0 saturated carbocycles. The predicted octanol–water partition coefficient (Wildman–Crippen LogP) is 3.85. The van der Waals surface area contributed by atoms with Crippen LogP contribution in [0.25, 0.3) is 16.5 Å². The number of fused-ring (bicyclic) bond motifs is 1. The number of aliphatic carboxylic acids is 1. The van der Waals surface area contributed by atoms with E-state index in [0.717, 1.165) is 33.2 Å². The second-order valence-electron chi connectivity index (χ2n) is 9.81. The van der Waals surface area contributed by atoms with Crippen LogP contribution in [-0.4, -0.2) is 54.3 Å². The SMILES string of the molecule is C=C/C(=C\CN)CN.Cc1c(N(CCC(=O)O)C(=O)NCC(C)C)cc(-n2ccc(CNC=O)c2)c2ccccc12. The van der Waals surface area contributed by atoms with Crippen molar-refractivity contribution in [3.8, 4) is 5.69 Å². The first-order chi connectivity index (χ1) is 19.7. The largest absolute Gasteiger partial charge is 0.481 e. The summed E-state index contributed by atoms with van der Waals surface area (Å²) in [7, 11) is 0. The Kier molecular flexibility index (Phi) is 13.3. The average molecular weight is 563 g/mol. The maximum absolute atomic E-state index is 13.1. The van der Waals surface area contributed by atoms with Gasteiger partial charge in [0.1, 0.15) is 0 Å². The number of amides is 3. The van der Waals surface area contributed by atoms with E-state index in [-0.39, 0.29) is 24.9 Å². The number of benzene rings is 2. The molecule has 0 radical (unpaired) electrons. The first-order valence-corrected chi connectivity index (χ1v) is 13.5. The number of hydrogen-bond donors (Lipinski definition) is 5. The van der Waals surface area contributed by atoms with Crippen molar-refractivity contribution in [3.63, 3.8) is 0 Å². The Bertz CT molecular complexity index is 1360. The van der Waals surface area contributed by atoms with Crippen molar-refractivity contribution in [2.75, 3.05) is 31.1 Å². The highest BCUT2D eigenvalue weighted by Gasteiger charge is 2.22. The van der Waals surface area contributed by atoms with E-state index in [1.165, 1.54) is 4.90 Å². The maximum atomic E-state index is 13.1. The van der Waals surface area contributed by atoms with Gasteiger partial charge >= 0.3 is 12.0 Å². The van der Waals surface area contributed by atoms with Crippen LogP contribution in [-0.2, 0) is 16.1 Å². The molecule has 0 bridgehead atoms. The van der Waals surface area contributed by atoms with E-state index in [4.69, 9.17) is 11.5 Å². The lowest BCUT2D eigenvalue weighted by Gasteiger charge is -2.27. The third kappa shape index (κ3) is 9.63. The van der Waals surface area contributed by atoms with Gasteiger partial charge in [-0.05, 0) is 47.1 Å². The average Bonchev–Trinajstić information content (AvgIpc) is 3.43. The molecular formula is C31H42N6O4. The standard InChI is InChI=1S/C25H30N4O4.C6H12N2/c1-17(2)13-27-25(33)29(11-9-24(31)32)22-12-23(21-7-5-4-6-20(21)18(22)3)28-10-8-19(15-28)14-26-16-30;1-2-6(5-8)3-4-7/h4-8,10,12,15-17H,9,11,13-14H2,1-3H3,(H,26,30)(H,27,33)(H,31,32);2-3H,1,4-5,7-8H2/b;6-3+. The number of carboxylic acid groups (broad SMARTS) is 1. The Hall–Kier alpha value is -4.41. The van der Waals surface area contributed by atoms with Crippen LogP contribution in [0.3, 0.4) is 0 Å². The van der Waals surface area contributed by atoms with E-state index >= 15 is 0 Å². The van der Waals surface area contributed by atoms with Gasteiger partial charge in [0.05, 0.1) is 17.8 Å². The predicted molar refractivity (Wildman–Crippen MR) is 165 cm³/mol. The fraction of sp³-hybridized carbons (Fsp3) is 0.323. The van der Waals surface area contributed by atoms with Crippen LogP contribution in [0.15, 0.2) is 73.1 Å². The molecule has 0 atom stereocenters. The molecule has 2 aromatic carbocycles. The third-order valence-corrected chi connectivity index (χ3v) is 6.31. The van der Waals surface area contributed by atoms with Crippen molar-refractivity contribution >= 4 is 34.9 Å². The molecule has 41 heavy (non-hydrogen) atoms. The summed E-state index contributed by atoms with van der Waals surface area (Å²) in [5.74, 6) is -0.699. The monoisotopic (exact) mass is 562 g/mol. The number of urea groups is 1.